The third-order valence-corrected chi connectivity index (χ3v) is 3.48. The lowest BCUT2D eigenvalue weighted by atomic mass is 9.93. The lowest BCUT2D eigenvalue weighted by Gasteiger charge is -2.17. The summed E-state index contributed by atoms with van der Waals surface area (Å²) in [4.78, 5) is 23.3. The summed E-state index contributed by atoms with van der Waals surface area (Å²) in [6.07, 6.45) is 6.91. The Morgan fingerprint density at radius 1 is 1.25 bits per heavy atom. The highest BCUT2D eigenvalue weighted by Crippen LogP contribution is 2.18. The number of ether oxygens (including phenoxy) is 1. The average Bonchev–Trinajstić information content (AvgIpc) is 2.53. The van der Waals surface area contributed by atoms with Gasteiger partial charge in [-0.25, -0.2) is 4.79 Å². The van der Waals surface area contributed by atoms with Crippen LogP contribution in [-0.4, -0.2) is 19.0 Å². The van der Waals surface area contributed by atoms with Gasteiger partial charge in [0.1, 0.15) is 0 Å². The van der Waals surface area contributed by atoms with E-state index >= 15 is 0 Å². The molecule has 106 valence electrons. The van der Waals surface area contributed by atoms with Gasteiger partial charge in [0.25, 0.3) is 0 Å². The van der Waals surface area contributed by atoms with Gasteiger partial charge in [0.05, 0.1) is 12.7 Å². The van der Waals surface area contributed by atoms with E-state index in [0.717, 1.165) is 24.8 Å². The molecule has 20 heavy (non-hydrogen) atoms. The van der Waals surface area contributed by atoms with Crippen LogP contribution in [0, 0.1) is 5.92 Å². The van der Waals surface area contributed by atoms with Crippen molar-refractivity contribution in [2.75, 3.05) is 7.11 Å². The molecule has 0 saturated carbocycles. The predicted molar refractivity (Wildman–Crippen MR) is 76.1 cm³/mol. The number of methoxy groups -OCH3 is 1. The quantitative estimate of drug-likeness (QED) is 0.677. The fraction of sp³-hybridized carbons (Fsp3) is 0.375. The van der Waals surface area contributed by atoms with Crippen molar-refractivity contribution >= 4 is 11.9 Å². The molecule has 0 bridgehead atoms. The molecule has 0 spiro atoms. The number of benzene rings is 1. The van der Waals surface area contributed by atoms with Crippen molar-refractivity contribution in [3.8, 4) is 0 Å². The normalized spacial score (nSPS) is 17.6. The van der Waals surface area contributed by atoms with E-state index in [1.807, 2.05) is 12.1 Å². The molecule has 0 unspecified atom stereocenters. The maximum atomic E-state index is 12.0. The van der Waals surface area contributed by atoms with Gasteiger partial charge in [-0.3, -0.25) is 4.79 Å². The van der Waals surface area contributed by atoms with Crippen molar-refractivity contribution in [1.29, 1.82) is 0 Å². The lowest BCUT2D eigenvalue weighted by molar-refractivity contribution is -0.125. The van der Waals surface area contributed by atoms with Gasteiger partial charge >= 0.3 is 5.97 Å². The monoisotopic (exact) mass is 273 g/mol. The summed E-state index contributed by atoms with van der Waals surface area (Å²) in [7, 11) is 1.36. The molecule has 1 N–H and O–H groups in total. The molecule has 1 aliphatic carbocycles. The third-order valence-electron chi connectivity index (χ3n) is 3.48. The SMILES string of the molecule is COC(=O)c1ccc(CNC(=O)[C@@H]2CC=CCC2)cc1. The van der Waals surface area contributed by atoms with E-state index in [-0.39, 0.29) is 17.8 Å². The second-order valence-corrected chi connectivity index (χ2v) is 4.89. The Morgan fingerprint density at radius 2 is 2.00 bits per heavy atom. The largest absolute Gasteiger partial charge is 0.465 e. The Labute approximate surface area is 118 Å². The van der Waals surface area contributed by atoms with Gasteiger partial charge < -0.3 is 10.1 Å². The van der Waals surface area contributed by atoms with Crippen LogP contribution >= 0.6 is 0 Å². The number of rotatable bonds is 4. The molecule has 0 fully saturated rings. The third kappa shape index (κ3) is 3.70. The highest BCUT2D eigenvalue weighted by molar-refractivity contribution is 5.89. The van der Waals surface area contributed by atoms with Crippen LogP contribution in [0.25, 0.3) is 0 Å². The summed E-state index contributed by atoms with van der Waals surface area (Å²) in [6.45, 7) is 0.487. The van der Waals surface area contributed by atoms with E-state index in [0.29, 0.717) is 12.1 Å². The number of allylic oxidation sites excluding steroid dienone is 2. The summed E-state index contributed by atoms with van der Waals surface area (Å²) in [6, 6.07) is 7.06. The highest BCUT2D eigenvalue weighted by atomic mass is 16.5. The molecule has 1 amide bonds. The minimum absolute atomic E-state index is 0.0920. The smallest absolute Gasteiger partial charge is 0.337 e. The van der Waals surface area contributed by atoms with Crippen molar-refractivity contribution in [3.63, 3.8) is 0 Å². The Bertz CT molecular complexity index is 505. The first-order chi connectivity index (χ1) is 9.70. The van der Waals surface area contributed by atoms with Gasteiger partial charge in [-0.15, -0.1) is 0 Å². The van der Waals surface area contributed by atoms with Crippen molar-refractivity contribution in [1.82, 2.24) is 5.32 Å². The van der Waals surface area contributed by atoms with Crippen LogP contribution in [-0.2, 0) is 16.1 Å². The maximum Gasteiger partial charge on any atom is 0.337 e. The van der Waals surface area contributed by atoms with E-state index < -0.39 is 0 Å². The van der Waals surface area contributed by atoms with Gasteiger partial charge in [0, 0.05) is 12.5 Å². The first kappa shape index (κ1) is 14.3. The number of esters is 1. The summed E-state index contributed by atoms with van der Waals surface area (Å²) in [5.74, 6) is -0.157. The fourth-order valence-corrected chi connectivity index (χ4v) is 2.24. The second kappa shape index (κ2) is 6.89. The molecule has 1 aromatic carbocycles. The minimum atomic E-state index is -0.352. The van der Waals surface area contributed by atoms with Crippen LogP contribution in [0.5, 0.6) is 0 Å². The zero-order valence-electron chi connectivity index (χ0n) is 11.6. The van der Waals surface area contributed by atoms with Crippen LogP contribution in [0.1, 0.15) is 35.2 Å². The molecule has 4 heteroatoms. The molecular weight excluding hydrogens is 254 g/mol. The molecule has 1 aliphatic rings. The van der Waals surface area contributed by atoms with E-state index in [4.69, 9.17) is 0 Å². The molecular formula is C16H19NO3. The molecule has 0 aromatic heterocycles. The summed E-state index contributed by atoms with van der Waals surface area (Å²) in [5, 5.41) is 2.94. The van der Waals surface area contributed by atoms with Crippen molar-refractivity contribution in [3.05, 3.63) is 47.5 Å². The Balaban J connectivity index is 1.86. The van der Waals surface area contributed by atoms with Crippen LogP contribution in [0.3, 0.4) is 0 Å². The zero-order valence-corrected chi connectivity index (χ0v) is 11.6. The summed E-state index contributed by atoms with van der Waals surface area (Å²) >= 11 is 0. The Kier molecular flexibility index (Phi) is 4.93. The average molecular weight is 273 g/mol. The number of hydrogen-bond donors (Lipinski definition) is 1. The van der Waals surface area contributed by atoms with Crippen molar-refractivity contribution in [2.24, 2.45) is 5.92 Å². The van der Waals surface area contributed by atoms with E-state index in [2.05, 4.69) is 22.2 Å². The Hall–Kier alpha value is -2.10. The number of amides is 1. The summed E-state index contributed by atoms with van der Waals surface area (Å²) in [5.41, 5.74) is 1.48. The number of carbonyl (C=O) groups is 2. The molecule has 0 heterocycles. The van der Waals surface area contributed by atoms with Gasteiger partial charge in [-0.05, 0) is 37.0 Å². The minimum Gasteiger partial charge on any atom is -0.465 e. The number of carbonyl (C=O) groups excluding carboxylic acids is 2. The first-order valence-corrected chi connectivity index (χ1v) is 6.80. The van der Waals surface area contributed by atoms with Gasteiger partial charge in [-0.2, -0.15) is 0 Å². The maximum absolute atomic E-state index is 12.0. The Morgan fingerprint density at radius 3 is 2.60 bits per heavy atom. The van der Waals surface area contributed by atoms with E-state index in [1.165, 1.54) is 7.11 Å². The number of nitrogens with one attached hydrogen (secondary N) is 1. The highest BCUT2D eigenvalue weighted by Gasteiger charge is 2.18. The van der Waals surface area contributed by atoms with Crippen molar-refractivity contribution in [2.45, 2.75) is 25.8 Å². The lowest BCUT2D eigenvalue weighted by Crippen LogP contribution is -2.30. The molecule has 0 aliphatic heterocycles. The molecule has 1 aromatic rings. The molecule has 0 radical (unpaired) electrons. The summed E-state index contributed by atoms with van der Waals surface area (Å²) < 4.78 is 4.64. The molecule has 0 saturated heterocycles. The van der Waals surface area contributed by atoms with E-state index in [1.54, 1.807) is 12.1 Å². The fourth-order valence-electron chi connectivity index (χ4n) is 2.24. The predicted octanol–water partition coefficient (Wildman–Crippen LogP) is 2.45. The van der Waals surface area contributed by atoms with Crippen LogP contribution in [0.4, 0.5) is 0 Å². The van der Waals surface area contributed by atoms with Crippen LogP contribution in [0.15, 0.2) is 36.4 Å². The van der Waals surface area contributed by atoms with Crippen molar-refractivity contribution < 1.29 is 14.3 Å². The van der Waals surface area contributed by atoms with E-state index in [9.17, 15) is 9.59 Å². The second-order valence-electron chi connectivity index (χ2n) is 4.89. The van der Waals surface area contributed by atoms with Gasteiger partial charge in [-0.1, -0.05) is 24.3 Å². The molecule has 4 nitrogen and oxygen atoms in total. The van der Waals surface area contributed by atoms with Crippen LogP contribution in [0.2, 0.25) is 0 Å². The first-order valence-electron chi connectivity index (χ1n) is 6.80. The van der Waals surface area contributed by atoms with Gasteiger partial charge in [0.2, 0.25) is 5.91 Å². The topological polar surface area (TPSA) is 55.4 Å². The number of hydrogen-bond acceptors (Lipinski definition) is 3. The van der Waals surface area contributed by atoms with Crippen LogP contribution < -0.4 is 5.32 Å². The standard InChI is InChI=1S/C16H19NO3/c1-20-16(19)14-9-7-12(8-10-14)11-17-15(18)13-5-3-2-4-6-13/h2-3,7-10,13H,4-6,11H2,1H3,(H,17,18)/t13-/m1/s1. The zero-order chi connectivity index (χ0) is 14.4. The molecule has 1 atom stereocenters. The van der Waals surface area contributed by atoms with Gasteiger partial charge in [0.15, 0.2) is 0 Å². The molecule has 2 rings (SSSR count).